The maximum atomic E-state index is 14.3. The molecule has 7 aromatic rings. The van der Waals surface area contributed by atoms with Crippen LogP contribution < -0.4 is 14.8 Å². The van der Waals surface area contributed by atoms with Crippen molar-refractivity contribution in [3.63, 3.8) is 0 Å². The minimum atomic E-state index is -1.60. The highest BCUT2D eigenvalue weighted by molar-refractivity contribution is 5.92. The molecule has 96 heavy (non-hydrogen) atoms. The number of methoxy groups -OCH3 is 2. The molecule has 2 fully saturated rings. The van der Waals surface area contributed by atoms with Crippen molar-refractivity contribution in [1.29, 1.82) is 0 Å². The Bertz CT molecular complexity index is 3610. The fourth-order valence-electron chi connectivity index (χ4n) is 11.5. The van der Waals surface area contributed by atoms with Crippen LogP contribution in [-0.2, 0) is 62.7 Å². The lowest BCUT2D eigenvalue weighted by Crippen LogP contribution is -2.63. The number of esters is 5. The molecule has 0 bridgehead atoms. The summed E-state index contributed by atoms with van der Waals surface area (Å²) in [5.74, 6) is -2.93. The number of nitrogens with one attached hydrogen (secondary N) is 1. The van der Waals surface area contributed by atoms with Gasteiger partial charge in [-0.3, -0.25) is 14.4 Å². The van der Waals surface area contributed by atoms with Gasteiger partial charge < -0.3 is 62.4 Å². The van der Waals surface area contributed by atoms with Gasteiger partial charge in [-0.1, -0.05) is 134 Å². The van der Waals surface area contributed by atoms with Gasteiger partial charge in [-0.2, -0.15) is 0 Å². The van der Waals surface area contributed by atoms with E-state index < -0.39 is 84.9 Å². The summed E-state index contributed by atoms with van der Waals surface area (Å²) in [5.41, 5.74) is 1.94. The highest BCUT2D eigenvalue weighted by Crippen LogP contribution is 2.43. The largest absolute Gasteiger partial charge is 0.497 e. The van der Waals surface area contributed by atoms with Crippen molar-refractivity contribution in [3.05, 3.63) is 239 Å². The normalized spacial score (nSPS) is 18.2. The molecule has 20 nitrogen and oxygen atoms in total. The molecule has 2 aliphatic heterocycles. The van der Waals surface area contributed by atoms with E-state index in [9.17, 15) is 38.4 Å². The summed E-state index contributed by atoms with van der Waals surface area (Å²) in [5, 5.41) is 2.96. The van der Waals surface area contributed by atoms with E-state index in [1.165, 1.54) is 43.3 Å². The molecule has 20 heteroatoms. The van der Waals surface area contributed by atoms with Crippen LogP contribution >= 0.6 is 0 Å². The Labute approximate surface area is 558 Å². The number of hydrogen-bond acceptors (Lipinski definition) is 18. The highest BCUT2D eigenvalue weighted by Gasteiger charge is 2.54. The number of nitrogens with zero attached hydrogens (tertiary/aromatic N) is 1. The number of carbonyl (C=O) groups excluding carboxylic acids is 8. The Morgan fingerprint density at radius 2 is 0.969 bits per heavy atom. The van der Waals surface area contributed by atoms with Crippen LogP contribution in [0.5, 0.6) is 11.5 Å². The quantitative estimate of drug-likeness (QED) is 0.0174. The molecule has 0 spiro atoms. The molecule has 2 unspecified atom stereocenters. The van der Waals surface area contributed by atoms with Crippen molar-refractivity contribution in [3.8, 4) is 11.5 Å². The number of carbonyl (C=O) groups is 8. The molecule has 0 aliphatic carbocycles. The first-order chi connectivity index (χ1) is 46.7. The van der Waals surface area contributed by atoms with E-state index in [0.29, 0.717) is 56.6 Å². The van der Waals surface area contributed by atoms with Gasteiger partial charge in [0.15, 0.2) is 24.6 Å². The summed E-state index contributed by atoms with van der Waals surface area (Å²) in [6, 6.07) is 57.0. The summed E-state index contributed by atoms with van der Waals surface area (Å²) in [6.45, 7) is 1.39. The average Bonchev–Trinajstić information content (AvgIpc) is 0.832. The van der Waals surface area contributed by atoms with E-state index in [0.717, 1.165) is 16.7 Å². The number of Topliss-reactive ketones (excluding diaryl/α,β-unsaturated/α-hetero) is 1. The van der Waals surface area contributed by atoms with Gasteiger partial charge in [0.05, 0.1) is 62.1 Å². The number of likely N-dealkylation sites (tertiary alicyclic amines) is 1. The maximum Gasteiger partial charge on any atom is 0.338 e. The van der Waals surface area contributed by atoms with Crippen molar-refractivity contribution in [2.45, 2.75) is 120 Å². The van der Waals surface area contributed by atoms with E-state index >= 15 is 0 Å². The van der Waals surface area contributed by atoms with Gasteiger partial charge in [-0.15, -0.1) is 0 Å². The van der Waals surface area contributed by atoms with Crippen LogP contribution in [0.1, 0.15) is 129 Å². The topological polar surface area (TPSA) is 244 Å². The van der Waals surface area contributed by atoms with E-state index in [1.54, 1.807) is 104 Å². The van der Waals surface area contributed by atoms with Crippen molar-refractivity contribution < 1.29 is 85.7 Å². The Balaban J connectivity index is 0.823. The first kappa shape index (κ1) is 70.3. The number of ether oxygens (including phenoxy) is 10. The molecular formula is C76H80N2O18. The van der Waals surface area contributed by atoms with Crippen LogP contribution in [0.4, 0.5) is 0 Å². The molecule has 2 aliphatic rings. The molecule has 7 atom stereocenters. The fraction of sp³-hybridized carbons (Fsp3) is 0.342. The second-order valence-electron chi connectivity index (χ2n) is 23.3. The predicted octanol–water partition coefficient (Wildman–Crippen LogP) is 11.0. The molecule has 2 heterocycles. The van der Waals surface area contributed by atoms with E-state index in [1.807, 2.05) is 78.9 Å². The van der Waals surface area contributed by atoms with Gasteiger partial charge in [0.1, 0.15) is 41.7 Å². The molecule has 2 amide bonds. The first-order valence-electron chi connectivity index (χ1n) is 32.2. The maximum absolute atomic E-state index is 14.3. The molecule has 7 aromatic carbocycles. The fourth-order valence-corrected chi connectivity index (χ4v) is 11.5. The van der Waals surface area contributed by atoms with Crippen molar-refractivity contribution >= 4 is 47.4 Å². The number of unbranched alkanes of at least 4 members (excludes halogenated alkanes) is 3. The van der Waals surface area contributed by atoms with Crippen molar-refractivity contribution in [1.82, 2.24) is 10.2 Å². The predicted molar refractivity (Wildman–Crippen MR) is 352 cm³/mol. The molecule has 1 N–H and O–H groups in total. The van der Waals surface area contributed by atoms with E-state index in [-0.39, 0.29) is 85.3 Å². The zero-order valence-electron chi connectivity index (χ0n) is 54.0. The first-order valence-corrected chi connectivity index (χ1v) is 32.2. The summed E-state index contributed by atoms with van der Waals surface area (Å²) in [4.78, 5) is 109. The third-order valence-corrected chi connectivity index (χ3v) is 16.5. The lowest BCUT2D eigenvalue weighted by Gasteiger charge is -2.44. The number of ketones is 1. The van der Waals surface area contributed by atoms with Gasteiger partial charge in [0.25, 0.3) is 0 Å². The second kappa shape index (κ2) is 35.5. The smallest absolute Gasteiger partial charge is 0.338 e. The molecule has 0 radical (unpaired) electrons. The lowest BCUT2D eigenvalue weighted by molar-refractivity contribution is -0.298. The highest BCUT2D eigenvalue weighted by atomic mass is 16.7. The summed E-state index contributed by atoms with van der Waals surface area (Å²) < 4.78 is 61.2. The Hall–Kier alpha value is -10.0. The van der Waals surface area contributed by atoms with Crippen LogP contribution in [-0.4, -0.2) is 142 Å². The number of hydrogen-bond donors (Lipinski definition) is 1. The molecule has 0 saturated carbocycles. The summed E-state index contributed by atoms with van der Waals surface area (Å²) >= 11 is 0. The molecule has 0 aromatic heterocycles. The number of rotatable bonds is 33. The zero-order chi connectivity index (χ0) is 67.7. The SMILES string of the molecule is COc1ccc(C(OC[C@@H]2C[C@@H](OC(=O)CCC(C)=O)CN2C(=O)CCCCCNC(=O)CCCCO[C@@H]2OC(COC(=O)c3ccccc3)[C@H](OC(=O)c3ccccc3)[C@H](OC(=O)c3ccccc3)C2OC(=O)c2ccccc2)(c2ccccc2)c2ccc(OC)cc2)cc1. The van der Waals surface area contributed by atoms with Gasteiger partial charge in [0.2, 0.25) is 11.8 Å². The van der Waals surface area contributed by atoms with Crippen LogP contribution in [0.2, 0.25) is 0 Å². The summed E-state index contributed by atoms with van der Waals surface area (Å²) in [7, 11) is 3.20. The van der Waals surface area contributed by atoms with E-state index in [2.05, 4.69) is 5.32 Å². The molecule has 502 valence electrons. The minimum absolute atomic E-state index is 0.0476. The minimum Gasteiger partial charge on any atom is -0.497 e. The average molecular weight is 1310 g/mol. The third kappa shape index (κ3) is 19.3. The monoisotopic (exact) mass is 1310 g/mol. The van der Waals surface area contributed by atoms with E-state index in [4.69, 9.17) is 47.4 Å². The Kier molecular flexibility index (Phi) is 26.0. The molecule has 9 rings (SSSR count). The van der Waals surface area contributed by atoms with Gasteiger partial charge in [-0.25, -0.2) is 19.2 Å². The lowest BCUT2D eigenvalue weighted by atomic mass is 9.80. The van der Waals surface area contributed by atoms with Crippen LogP contribution in [0.25, 0.3) is 0 Å². The Morgan fingerprint density at radius 3 is 1.49 bits per heavy atom. The second-order valence-corrected chi connectivity index (χ2v) is 23.3. The van der Waals surface area contributed by atoms with Crippen LogP contribution in [0, 0.1) is 0 Å². The third-order valence-electron chi connectivity index (χ3n) is 16.5. The van der Waals surface area contributed by atoms with Crippen LogP contribution in [0.15, 0.2) is 200 Å². The van der Waals surface area contributed by atoms with Crippen LogP contribution in [0.3, 0.4) is 0 Å². The zero-order valence-corrected chi connectivity index (χ0v) is 54.0. The number of amides is 2. The van der Waals surface area contributed by atoms with Crippen molar-refractivity contribution in [2.24, 2.45) is 0 Å². The molecule has 2 saturated heterocycles. The van der Waals surface area contributed by atoms with Gasteiger partial charge >= 0.3 is 29.8 Å². The van der Waals surface area contributed by atoms with Gasteiger partial charge in [0, 0.05) is 38.8 Å². The number of benzene rings is 7. The van der Waals surface area contributed by atoms with Crippen molar-refractivity contribution in [2.75, 3.05) is 47.1 Å². The van der Waals surface area contributed by atoms with Gasteiger partial charge in [-0.05, 0) is 122 Å². The summed E-state index contributed by atoms with van der Waals surface area (Å²) in [6.07, 6.45) is -5.26. The Morgan fingerprint density at radius 1 is 0.490 bits per heavy atom. The molecular weight excluding hydrogens is 1230 g/mol. The standard InChI is InChI=1S/C76H80N2O18/c1-52(79)36-45-67(82)92-63-48-60(50-91-76(57-32-18-8-19-33-57,58-37-41-61(87-2)42-38-58)59-39-43-62(88-3)44-40-59)78(49-63)66(81)35-20-9-22-46-77-65(80)34-21-23-47-89-75-70(96-74(86)56-30-16-7-17-31-56)69(95-73(85)55-28-14-6-15-29-55)68(94-72(84)54-26-12-5-13-27-54)64(93-75)51-90-71(83)53-24-10-4-11-25-53/h4-8,10-19,24-33,37-44,60,63-64,68-70,75H,9,20-23,34-36,45-51H2,1-3H3,(H,77,80)/t60-,63+,64?,68-,69-,70?,75+/m0/s1.